The monoisotopic (exact) mass is 480 g/mol. The van der Waals surface area contributed by atoms with Crippen LogP contribution in [0.25, 0.3) is 10.9 Å². The molecular weight excluding hydrogens is 459 g/mol. The van der Waals surface area contributed by atoms with Crippen molar-refractivity contribution in [2.24, 2.45) is 13.0 Å². The van der Waals surface area contributed by atoms with Crippen LogP contribution in [0.5, 0.6) is 0 Å². The summed E-state index contributed by atoms with van der Waals surface area (Å²) in [4.78, 5) is 32.4. The Labute approximate surface area is 195 Å². The Bertz CT molecular complexity index is 1190. The maximum absolute atomic E-state index is 13.2. The number of carbonyl (C=O) groups excluding carboxylic acids is 1. The third kappa shape index (κ3) is 4.97. The number of anilines is 1. The lowest BCUT2D eigenvalue weighted by atomic mass is 10.1. The summed E-state index contributed by atoms with van der Waals surface area (Å²) < 4.78 is 1.45. The van der Waals surface area contributed by atoms with E-state index in [1.54, 1.807) is 48.3 Å². The molecule has 0 aliphatic rings. The highest BCUT2D eigenvalue weighted by molar-refractivity contribution is 6.44. The van der Waals surface area contributed by atoms with Gasteiger partial charge in [-0.2, -0.15) is 0 Å². The van der Waals surface area contributed by atoms with Gasteiger partial charge in [-0.05, 0) is 43.2 Å². The fourth-order valence-corrected chi connectivity index (χ4v) is 3.89. The van der Waals surface area contributed by atoms with Gasteiger partial charge >= 0.3 is 6.03 Å². The van der Waals surface area contributed by atoms with Crippen LogP contribution in [-0.4, -0.2) is 27.0 Å². The van der Waals surface area contributed by atoms with Crippen LogP contribution in [0, 0.1) is 5.92 Å². The van der Waals surface area contributed by atoms with Crippen LogP contribution in [0.4, 0.5) is 10.5 Å². The first-order valence-corrected chi connectivity index (χ1v) is 10.9. The van der Waals surface area contributed by atoms with Gasteiger partial charge in [-0.1, -0.05) is 54.7 Å². The highest BCUT2D eigenvalue weighted by atomic mass is 35.5. The molecule has 3 aromatic rings. The Kier molecular flexibility index (Phi) is 7.14. The molecule has 0 saturated heterocycles. The molecule has 1 aromatic heterocycles. The van der Waals surface area contributed by atoms with Gasteiger partial charge in [0.25, 0.3) is 5.56 Å². The molecule has 164 valence electrons. The summed E-state index contributed by atoms with van der Waals surface area (Å²) in [5.41, 5.74) is 0.712. The average molecular weight is 482 g/mol. The number of fused-ring (bicyclic) bond motifs is 1. The van der Waals surface area contributed by atoms with Gasteiger partial charge < -0.3 is 10.2 Å². The van der Waals surface area contributed by atoms with E-state index in [9.17, 15) is 9.59 Å². The standard InChI is InChI=1S/C22H23Cl3N4O2/c1-12(2)11-29(22(31)27-18-7-5-6-16(24)19(18)25)13(3)20-26-17-9-8-14(23)10-15(17)21(30)28(20)4/h5-10,12-13H,11H2,1-4H3,(H,27,31). The zero-order valence-electron chi connectivity index (χ0n) is 17.6. The summed E-state index contributed by atoms with van der Waals surface area (Å²) in [6.45, 7) is 6.30. The number of nitrogens with one attached hydrogen (secondary N) is 1. The summed E-state index contributed by atoms with van der Waals surface area (Å²) in [6.07, 6.45) is 0. The summed E-state index contributed by atoms with van der Waals surface area (Å²) in [5.74, 6) is 0.645. The molecule has 1 heterocycles. The molecule has 31 heavy (non-hydrogen) atoms. The smallest absolute Gasteiger partial charge is 0.314 e. The second-order valence-corrected chi connectivity index (χ2v) is 8.97. The normalized spacial score (nSPS) is 12.3. The number of aromatic nitrogens is 2. The molecule has 0 fully saturated rings. The number of urea groups is 1. The van der Waals surface area contributed by atoms with E-state index in [0.717, 1.165) is 0 Å². The average Bonchev–Trinajstić information content (AvgIpc) is 2.72. The number of hydrogen-bond donors (Lipinski definition) is 1. The van der Waals surface area contributed by atoms with Gasteiger partial charge in [-0.15, -0.1) is 0 Å². The number of nitrogens with zero attached hydrogens (tertiary/aromatic N) is 3. The second kappa shape index (κ2) is 9.47. The molecular formula is C22H23Cl3N4O2. The number of amides is 2. The predicted octanol–water partition coefficient (Wildman–Crippen LogP) is 6.14. The molecule has 2 amide bonds. The molecule has 0 aliphatic carbocycles. The molecule has 2 aromatic carbocycles. The highest BCUT2D eigenvalue weighted by Gasteiger charge is 2.27. The number of benzene rings is 2. The van der Waals surface area contributed by atoms with Crippen molar-refractivity contribution in [3.63, 3.8) is 0 Å². The van der Waals surface area contributed by atoms with Crippen molar-refractivity contribution in [2.75, 3.05) is 11.9 Å². The molecule has 0 saturated carbocycles. The zero-order valence-corrected chi connectivity index (χ0v) is 19.9. The van der Waals surface area contributed by atoms with Gasteiger partial charge in [0, 0.05) is 18.6 Å². The maximum Gasteiger partial charge on any atom is 0.322 e. The summed E-state index contributed by atoms with van der Waals surface area (Å²) in [5, 5.41) is 4.33. The lowest BCUT2D eigenvalue weighted by Crippen LogP contribution is -2.41. The van der Waals surface area contributed by atoms with Crippen LogP contribution in [0.3, 0.4) is 0 Å². The number of hydrogen-bond acceptors (Lipinski definition) is 3. The van der Waals surface area contributed by atoms with Crippen molar-refractivity contribution >= 4 is 57.4 Å². The molecule has 6 nitrogen and oxygen atoms in total. The second-order valence-electron chi connectivity index (χ2n) is 7.75. The fourth-order valence-electron chi connectivity index (χ4n) is 3.37. The minimum atomic E-state index is -0.488. The first-order chi connectivity index (χ1) is 14.6. The van der Waals surface area contributed by atoms with Gasteiger partial charge in [-0.25, -0.2) is 9.78 Å². The van der Waals surface area contributed by atoms with E-state index in [2.05, 4.69) is 10.3 Å². The molecule has 1 unspecified atom stereocenters. The lowest BCUT2D eigenvalue weighted by Gasteiger charge is -2.31. The number of halogens is 3. The predicted molar refractivity (Wildman–Crippen MR) is 127 cm³/mol. The first-order valence-electron chi connectivity index (χ1n) is 9.78. The van der Waals surface area contributed by atoms with Crippen molar-refractivity contribution < 1.29 is 4.79 Å². The largest absolute Gasteiger partial charge is 0.322 e. The Balaban J connectivity index is 2.01. The van der Waals surface area contributed by atoms with E-state index < -0.39 is 6.04 Å². The summed E-state index contributed by atoms with van der Waals surface area (Å²) in [7, 11) is 1.64. The molecule has 1 atom stereocenters. The molecule has 0 spiro atoms. The zero-order chi connectivity index (χ0) is 22.9. The van der Waals surface area contributed by atoms with Crippen LogP contribution in [0.15, 0.2) is 41.2 Å². The van der Waals surface area contributed by atoms with Crippen LogP contribution in [-0.2, 0) is 7.05 Å². The van der Waals surface area contributed by atoms with Crippen molar-refractivity contribution in [2.45, 2.75) is 26.8 Å². The third-order valence-electron chi connectivity index (χ3n) is 4.93. The minimum Gasteiger partial charge on any atom is -0.314 e. The Morgan fingerprint density at radius 1 is 1.16 bits per heavy atom. The van der Waals surface area contributed by atoms with E-state index >= 15 is 0 Å². The Morgan fingerprint density at radius 2 is 1.87 bits per heavy atom. The first kappa shape index (κ1) is 23.4. The van der Waals surface area contributed by atoms with Crippen LogP contribution < -0.4 is 10.9 Å². The Morgan fingerprint density at radius 3 is 2.55 bits per heavy atom. The van der Waals surface area contributed by atoms with Gasteiger partial charge in [0.05, 0.1) is 32.7 Å². The van der Waals surface area contributed by atoms with E-state index in [1.807, 2.05) is 20.8 Å². The van der Waals surface area contributed by atoms with Gasteiger partial charge in [0.2, 0.25) is 0 Å². The quantitative estimate of drug-likeness (QED) is 0.475. The van der Waals surface area contributed by atoms with Gasteiger partial charge in [-0.3, -0.25) is 9.36 Å². The molecule has 1 N–H and O–H groups in total. The minimum absolute atomic E-state index is 0.180. The van der Waals surface area contributed by atoms with E-state index in [1.165, 1.54) is 4.57 Å². The Hall–Kier alpha value is -2.28. The molecule has 3 rings (SSSR count). The van der Waals surface area contributed by atoms with Crippen molar-refractivity contribution in [1.82, 2.24) is 14.5 Å². The molecule has 0 aliphatic heterocycles. The van der Waals surface area contributed by atoms with Crippen LogP contribution >= 0.6 is 34.8 Å². The van der Waals surface area contributed by atoms with Crippen molar-refractivity contribution in [3.8, 4) is 0 Å². The van der Waals surface area contributed by atoms with E-state index in [4.69, 9.17) is 34.8 Å². The SMILES string of the molecule is CC(C)CN(C(=O)Nc1cccc(Cl)c1Cl)C(C)c1nc2ccc(Cl)cc2c(=O)n1C. The topological polar surface area (TPSA) is 67.2 Å². The van der Waals surface area contributed by atoms with E-state index in [-0.39, 0.29) is 22.5 Å². The lowest BCUT2D eigenvalue weighted by molar-refractivity contribution is 0.179. The molecule has 0 bridgehead atoms. The van der Waals surface area contributed by atoms with Crippen LogP contribution in [0.1, 0.15) is 32.6 Å². The molecule has 9 heteroatoms. The van der Waals surface area contributed by atoms with Crippen LogP contribution in [0.2, 0.25) is 15.1 Å². The number of rotatable bonds is 5. The number of carbonyl (C=O) groups is 1. The summed E-state index contributed by atoms with van der Waals surface area (Å²) in [6, 6.07) is 9.17. The van der Waals surface area contributed by atoms with Gasteiger partial charge in [0.15, 0.2) is 0 Å². The highest BCUT2D eigenvalue weighted by Crippen LogP contribution is 2.30. The third-order valence-corrected chi connectivity index (χ3v) is 5.98. The maximum atomic E-state index is 13.2. The van der Waals surface area contributed by atoms with Gasteiger partial charge in [0.1, 0.15) is 5.82 Å². The summed E-state index contributed by atoms with van der Waals surface area (Å²) >= 11 is 18.3. The fraction of sp³-hybridized carbons (Fsp3) is 0.318. The van der Waals surface area contributed by atoms with Crippen molar-refractivity contribution in [1.29, 1.82) is 0 Å². The van der Waals surface area contributed by atoms with Crippen molar-refractivity contribution in [3.05, 3.63) is 67.6 Å². The van der Waals surface area contributed by atoms with E-state index in [0.29, 0.717) is 39.0 Å². The molecule has 0 radical (unpaired) electrons.